The Balaban J connectivity index is 1.69. The summed E-state index contributed by atoms with van der Waals surface area (Å²) >= 11 is 0. The zero-order chi connectivity index (χ0) is 22.5. The second-order valence-corrected chi connectivity index (χ2v) is 6.62. The van der Waals surface area contributed by atoms with Gasteiger partial charge in [-0.05, 0) is 53.9 Å². The lowest BCUT2D eigenvalue weighted by Crippen LogP contribution is -2.00. The zero-order valence-corrected chi connectivity index (χ0v) is 17.3. The highest BCUT2D eigenvalue weighted by atomic mass is 16.5. The third-order valence-corrected chi connectivity index (χ3v) is 4.67. The zero-order valence-electron chi connectivity index (χ0n) is 17.3. The van der Waals surface area contributed by atoms with E-state index in [1.807, 2.05) is 0 Å². The lowest BCUT2D eigenvalue weighted by molar-refractivity contribution is 0.345. The third kappa shape index (κ3) is 4.07. The highest BCUT2D eigenvalue weighted by molar-refractivity contribution is 5.94. The SMILES string of the molecule is COc1cc2cc(C#N)ccc2c(OC)c1Oc1ccnc(Nc2ccc(C#N)cc2)n1. The molecule has 8 heteroatoms. The van der Waals surface area contributed by atoms with Gasteiger partial charge in [0.05, 0.1) is 37.5 Å². The van der Waals surface area contributed by atoms with Crippen LogP contribution in [0.5, 0.6) is 23.1 Å². The van der Waals surface area contributed by atoms with E-state index in [2.05, 4.69) is 27.4 Å². The van der Waals surface area contributed by atoms with Crippen molar-refractivity contribution in [2.75, 3.05) is 19.5 Å². The van der Waals surface area contributed by atoms with Gasteiger partial charge in [-0.3, -0.25) is 0 Å². The van der Waals surface area contributed by atoms with Crippen LogP contribution in [-0.2, 0) is 0 Å². The Morgan fingerprint density at radius 1 is 0.844 bits per heavy atom. The average Bonchev–Trinajstić information content (AvgIpc) is 2.84. The number of nitrogens with zero attached hydrogens (tertiary/aromatic N) is 4. The first-order valence-electron chi connectivity index (χ1n) is 9.52. The number of methoxy groups -OCH3 is 2. The number of aromatic nitrogens is 2. The fourth-order valence-corrected chi connectivity index (χ4v) is 3.17. The summed E-state index contributed by atoms with van der Waals surface area (Å²) in [7, 11) is 3.07. The molecular formula is C24H17N5O3. The second kappa shape index (κ2) is 8.90. The Bertz CT molecular complexity index is 1370. The largest absolute Gasteiger partial charge is 0.493 e. The van der Waals surface area contributed by atoms with Crippen LogP contribution in [-0.4, -0.2) is 24.2 Å². The molecule has 0 saturated heterocycles. The van der Waals surface area contributed by atoms with Gasteiger partial charge in [-0.15, -0.1) is 0 Å². The molecule has 0 atom stereocenters. The molecule has 0 amide bonds. The van der Waals surface area contributed by atoms with Gasteiger partial charge in [0.1, 0.15) is 0 Å². The van der Waals surface area contributed by atoms with E-state index in [0.29, 0.717) is 34.3 Å². The summed E-state index contributed by atoms with van der Waals surface area (Å²) < 4.78 is 17.2. The van der Waals surface area contributed by atoms with Gasteiger partial charge >= 0.3 is 0 Å². The quantitative estimate of drug-likeness (QED) is 0.465. The van der Waals surface area contributed by atoms with E-state index in [9.17, 15) is 5.26 Å². The molecule has 1 aromatic heterocycles. The second-order valence-electron chi connectivity index (χ2n) is 6.62. The number of nitriles is 2. The molecule has 0 radical (unpaired) electrons. The lowest BCUT2D eigenvalue weighted by Gasteiger charge is -2.16. The van der Waals surface area contributed by atoms with Crippen molar-refractivity contribution >= 4 is 22.4 Å². The van der Waals surface area contributed by atoms with Gasteiger partial charge in [-0.25, -0.2) is 4.98 Å². The Kier molecular flexibility index (Phi) is 5.69. The van der Waals surface area contributed by atoms with Crippen LogP contribution in [0.1, 0.15) is 11.1 Å². The van der Waals surface area contributed by atoms with Gasteiger partial charge < -0.3 is 19.5 Å². The Morgan fingerprint density at radius 3 is 2.28 bits per heavy atom. The molecule has 156 valence electrons. The van der Waals surface area contributed by atoms with E-state index in [1.54, 1.807) is 60.8 Å². The molecule has 0 spiro atoms. The number of fused-ring (bicyclic) bond motifs is 1. The van der Waals surface area contributed by atoms with Crippen LogP contribution in [0.15, 0.2) is 60.8 Å². The summed E-state index contributed by atoms with van der Waals surface area (Å²) in [5.74, 6) is 1.86. The number of benzene rings is 3. The third-order valence-electron chi connectivity index (χ3n) is 4.67. The van der Waals surface area contributed by atoms with Crippen LogP contribution in [0.4, 0.5) is 11.6 Å². The molecular weight excluding hydrogens is 406 g/mol. The average molecular weight is 423 g/mol. The first kappa shape index (κ1) is 20.5. The van der Waals surface area contributed by atoms with Crippen molar-refractivity contribution in [3.05, 3.63) is 71.9 Å². The van der Waals surface area contributed by atoms with Crippen LogP contribution in [0.3, 0.4) is 0 Å². The Hall–Kier alpha value is -4.82. The van der Waals surface area contributed by atoms with Gasteiger partial charge in [0, 0.05) is 23.3 Å². The number of nitrogens with one attached hydrogen (secondary N) is 1. The molecule has 4 aromatic rings. The fraction of sp³-hybridized carbons (Fsp3) is 0.0833. The van der Waals surface area contributed by atoms with E-state index >= 15 is 0 Å². The molecule has 1 heterocycles. The first-order valence-corrected chi connectivity index (χ1v) is 9.52. The summed E-state index contributed by atoms with van der Waals surface area (Å²) in [6.07, 6.45) is 1.56. The number of hydrogen-bond donors (Lipinski definition) is 1. The summed E-state index contributed by atoms with van der Waals surface area (Å²) in [5, 5.41) is 22.7. The molecule has 0 aliphatic rings. The van der Waals surface area contributed by atoms with Crippen molar-refractivity contribution in [3.8, 4) is 35.3 Å². The summed E-state index contributed by atoms with van der Waals surface area (Å²) in [6, 6.07) is 19.8. The van der Waals surface area contributed by atoms with Crippen molar-refractivity contribution < 1.29 is 14.2 Å². The number of ether oxygens (including phenoxy) is 3. The maximum absolute atomic E-state index is 9.19. The Labute approximate surface area is 184 Å². The van der Waals surface area contributed by atoms with E-state index in [1.165, 1.54) is 14.2 Å². The standard InChI is InChI=1S/C24H17N5O3/c1-30-20-12-17-11-16(14-26)5-8-19(17)22(31-2)23(20)32-21-9-10-27-24(29-21)28-18-6-3-15(13-25)4-7-18/h3-12H,1-2H3,(H,27,28,29). The molecule has 32 heavy (non-hydrogen) atoms. The summed E-state index contributed by atoms with van der Waals surface area (Å²) in [4.78, 5) is 8.61. The van der Waals surface area contributed by atoms with E-state index in [-0.39, 0.29) is 5.88 Å². The first-order chi connectivity index (χ1) is 15.6. The van der Waals surface area contributed by atoms with Crippen molar-refractivity contribution in [3.63, 3.8) is 0 Å². The van der Waals surface area contributed by atoms with E-state index in [4.69, 9.17) is 19.5 Å². The molecule has 1 N–H and O–H groups in total. The summed E-state index contributed by atoms with van der Waals surface area (Å²) in [5.41, 5.74) is 1.82. The van der Waals surface area contributed by atoms with Crippen molar-refractivity contribution in [1.29, 1.82) is 10.5 Å². The van der Waals surface area contributed by atoms with Gasteiger partial charge in [0.2, 0.25) is 17.6 Å². The van der Waals surface area contributed by atoms with Crippen molar-refractivity contribution in [2.45, 2.75) is 0 Å². The van der Waals surface area contributed by atoms with Gasteiger partial charge in [0.25, 0.3) is 0 Å². The predicted octanol–water partition coefficient (Wildman–Crippen LogP) is 4.93. The highest BCUT2D eigenvalue weighted by Gasteiger charge is 2.19. The summed E-state index contributed by atoms with van der Waals surface area (Å²) in [6.45, 7) is 0. The van der Waals surface area contributed by atoms with Crippen LogP contribution in [0.25, 0.3) is 10.8 Å². The van der Waals surface area contributed by atoms with E-state index < -0.39 is 0 Å². The smallest absolute Gasteiger partial charge is 0.230 e. The highest BCUT2D eigenvalue weighted by Crippen LogP contribution is 2.45. The normalized spacial score (nSPS) is 10.1. The lowest BCUT2D eigenvalue weighted by atomic mass is 10.1. The molecule has 3 aromatic carbocycles. The molecule has 8 nitrogen and oxygen atoms in total. The molecule has 4 rings (SSSR count). The molecule has 0 unspecified atom stereocenters. The molecule has 0 aliphatic heterocycles. The molecule has 0 aliphatic carbocycles. The van der Waals surface area contributed by atoms with Crippen molar-refractivity contribution in [1.82, 2.24) is 9.97 Å². The van der Waals surface area contributed by atoms with Crippen LogP contribution in [0.2, 0.25) is 0 Å². The van der Waals surface area contributed by atoms with Crippen LogP contribution >= 0.6 is 0 Å². The number of anilines is 2. The van der Waals surface area contributed by atoms with Gasteiger partial charge in [0.15, 0.2) is 11.5 Å². The number of hydrogen-bond acceptors (Lipinski definition) is 8. The minimum atomic E-state index is 0.278. The molecule has 0 bridgehead atoms. The van der Waals surface area contributed by atoms with Gasteiger partial charge in [-0.2, -0.15) is 15.5 Å². The molecule has 0 saturated carbocycles. The maximum atomic E-state index is 9.19. The van der Waals surface area contributed by atoms with Crippen molar-refractivity contribution in [2.24, 2.45) is 0 Å². The fourth-order valence-electron chi connectivity index (χ4n) is 3.17. The Morgan fingerprint density at radius 2 is 1.59 bits per heavy atom. The van der Waals surface area contributed by atoms with E-state index in [0.717, 1.165) is 16.5 Å². The van der Waals surface area contributed by atoms with Gasteiger partial charge in [-0.1, -0.05) is 0 Å². The minimum Gasteiger partial charge on any atom is -0.493 e. The maximum Gasteiger partial charge on any atom is 0.230 e. The predicted molar refractivity (Wildman–Crippen MR) is 118 cm³/mol. The van der Waals surface area contributed by atoms with Crippen LogP contribution < -0.4 is 19.5 Å². The monoisotopic (exact) mass is 423 g/mol. The minimum absolute atomic E-state index is 0.278. The van der Waals surface area contributed by atoms with Crippen LogP contribution in [0, 0.1) is 22.7 Å². The number of rotatable bonds is 6. The molecule has 0 fully saturated rings. The topological polar surface area (TPSA) is 113 Å².